The van der Waals surface area contributed by atoms with Gasteiger partial charge in [-0.15, -0.1) is 0 Å². The number of hydrogen-bond donors (Lipinski definition) is 1. The van der Waals surface area contributed by atoms with Crippen LogP contribution in [0.5, 0.6) is 0 Å². The summed E-state index contributed by atoms with van der Waals surface area (Å²) in [7, 11) is 0. The van der Waals surface area contributed by atoms with Gasteiger partial charge < -0.3 is 14.5 Å². The number of aryl methyl sites for hydroxylation is 1. The van der Waals surface area contributed by atoms with Crippen molar-refractivity contribution in [2.45, 2.75) is 50.7 Å². The van der Waals surface area contributed by atoms with E-state index in [0.717, 1.165) is 47.1 Å². The first-order valence-corrected chi connectivity index (χ1v) is 12.6. The van der Waals surface area contributed by atoms with Crippen LogP contribution in [0.4, 0.5) is 0 Å². The molecule has 3 aromatic carbocycles. The van der Waals surface area contributed by atoms with E-state index >= 15 is 0 Å². The van der Waals surface area contributed by atoms with Crippen LogP contribution < -0.4 is 10.9 Å². The topological polar surface area (TPSA) is 81.4 Å². The fraction of sp³-hybridized carbons (Fsp3) is 0.300. The van der Waals surface area contributed by atoms with Crippen molar-refractivity contribution in [3.63, 3.8) is 0 Å². The molecule has 1 amide bonds. The number of benzene rings is 3. The highest BCUT2D eigenvalue weighted by Crippen LogP contribution is 2.45. The molecule has 1 N–H and O–H groups in total. The summed E-state index contributed by atoms with van der Waals surface area (Å²) < 4.78 is 12.0. The first kappa shape index (κ1) is 22.7. The maximum Gasteiger partial charge on any atom is 0.347 e. The average Bonchev–Trinajstić information content (AvgIpc) is 3.21. The molecule has 36 heavy (non-hydrogen) atoms. The lowest BCUT2D eigenvalue weighted by molar-refractivity contribution is -0.130. The third-order valence-electron chi connectivity index (χ3n) is 7.52. The van der Waals surface area contributed by atoms with Crippen LogP contribution in [0.3, 0.4) is 0 Å². The number of hydrogen-bond acceptors (Lipinski definition) is 5. The molecule has 0 aliphatic heterocycles. The van der Waals surface area contributed by atoms with Crippen molar-refractivity contribution in [1.82, 2.24) is 10.3 Å². The Labute approximate surface area is 209 Å². The van der Waals surface area contributed by atoms with Crippen molar-refractivity contribution in [3.8, 4) is 11.1 Å². The molecule has 0 unspecified atom stereocenters. The second-order valence-corrected chi connectivity index (χ2v) is 9.83. The summed E-state index contributed by atoms with van der Waals surface area (Å²) in [6.45, 7) is 1.77. The van der Waals surface area contributed by atoms with Crippen LogP contribution in [0.2, 0.25) is 0 Å². The van der Waals surface area contributed by atoms with E-state index in [2.05, 4.69) is 29.6 Å². The van der Waals surface area contributed by atoms with Gasteiger partial charge in [0, 0.05) is 0 Å². The van der Waals surface area contributed by atoms with E-state index in [4.69, 9.17) is 14.1 Å². The number of rotatable bonds is 5. The van der Waals surface area contributed by atoms with Crippen LogP contribution in [0.15, 0.2) is 75.9 Å². The van der Waals surface area contributed by atoms with E-state index in [1.54, 1.807) is 0 Å². The summed E-state index contributed by atoms with van der Waals surface area (Å²) in [5, 5.41) is 3.65. The number of carbonyl (C=O) groups is 1. The van der Waals surface area contributed by atoms with Crippen molar-refractivity contribution in [3.05, 3.63) is 99.7 Å². The highest BCUT2D eigenvalue weighted by Gasteiger charge is 2.40. The lowest BCUT2D eigenvalue weighted by Crippen LogP contribution is -2.49. The van der Waals surface area contributed by atoms with E-state index in [1.165, 1.54) is 0 Å². The second kappa shape index (κ2) is 9.03. The second-order valence-electron chi connectivity index (χ2n) is 9.83. The van der Waals surface area contributed by atoms with Gasteiger partial charge in [-0.05, 0) is 53.6 Å². The molecular formula is C30H28N2O4. The van der Waals surface area contributed by atoms with Crippen LogP contribution in [-0.2, 0) is 15.1 Å². The minimum atomic E-state index is -0.818. The molecule has 0 spiro atoms. The zero-order valence-corrected chi connectivity index (χ0v) is 20.3. The quantitative estimate of drug-likeness (QED) is 0.405. The molecule has 1 fully saturated rings. The fourth-order valence-corrected chi connectivity index (χ4v) is 5.79. The van der Waals surface area contributed by atoms with Gasteiger partial charge in [-0.2, -0.15) is 0 Å². The van der Waals surface area contributed by atoms with Gasteiger partial charge in [-0.1, -0.05) is 79.9 Å². The Morgan fingerprint density at radius 3 is 2.33 bits per heavy atom. The maximum atomic E-state index is 13.3. The number of fused-ring (bicyclic) bond motifs is 4. The van der Waals surface area contributed by atoms with Crippen LogP contribution in [-0.4, -0.2) is 17.5 Å². The Morgan fingerprint density at radius 1 is 0.972 bits per heavy atom. The molecule has 6 heteroatoms. The van der Waals surface area contributed by atoms with Crippen molar-refractivity contribution in [2.75, 3.05) is 6.61 Å². The summed E-state index contributed by atoms with van der Waals surface area (Å²) in [5.74, 6) is 0.0442. The minimum Gasteiger partial charge on any atom is -0.405 e. The number of nitrogens with one attached hydrogen (secondary N) is 1. The van der Waals surface area contributed by atoms with Gasteiger partial charge in [0.1, 0.15) is 18.2 Å². The standard InChI is InChI=1S/C30H28N2O4/c1-19-10-9-15-24-26(19)28(34)36-29(31-24)30(16-7-2-8-17-30)32-25(33)18-35-27-22-13-5-3-11-20(22)21-12-4-6-14-23(21)27/h3-6,9-15,27H,2,7-8,16-18H2,1H3,(H,32,33). The predicted molar refractivity (Wildman–Crippen MR) is 138 cm³/mol. The van der Waals surface area contributed by atoms with E-state index in [-0.39, 0.29) is 24.5 Å². The minimum absolute atomic E-state index is 0.105. The molecule has 6 rings (SSSR count). The lowest BCUT2D eigenvalue weighted by Gasteiger charge is -2.36. The molecule has 2 aliphatic carbocycles. The molecule has 0 saturated heterocycles. The number of ether oxygens (including phenoxy) is 1. The Balaban J connectivity index is 1.27. The molecule has 1 aromatic heterocycles. The van der Waals surface area contributed by atoms with Crippen molar-refractivity contribution >= 4 is 16.8 Å². The molecule has 2 aliphatic rings. The molecular weight excluding hydrogens is 452 g/mol. The van der Waals surface area contributed by atoms with Gasteiger partial charge in [0.15, 0.2) is 0 Å². The van der Waals surface area contributed by atoms with Gasteiger partial charge in [0.05, 0.1) is 10.9 Å². The maximum absolute atomic E-state index is 13.3. The molecule has 182 valence electrons. The first-order valence-electron chi connectivity index (χ1n) is 12.6. The summed E-state index contributed by atoms with van der Waals surface area (Å²) in [6, 6.07) is 21.9. The van der Waals surface area contributed by atoms with Crippen LogP contribution in [0, 0.1) is 6.92 Å². The molecule has 1 saturated carbocycles. The molecule has 1 heterocycles. The third-order valence-corrected chi connectivity index (χ3v) is 7.52. The lowest BCUT2D eigenvalue weighted by atomic mass is 9.81. The number of amides is 1. The van der Waals surface area contributed by atoms with Crippen molar-refractivity contribution < 1.29 is 13.9 Å². The van der Waals surface area contributed by atoms with E-state index in [9.17, 15) is 9.59 Å². The average molecular weight is 481 g/mol. The van der Waals surface area contributed by atoms with Crippen LogP contribution >= 0.6 is 0 Å². The zero-order chi connectivity index (χ0) is 24.7. The smallest absolute Gasteiger partial charge is 0.347 e. The summed E-state index contributed by atoms with van der Waals surface area (Å²) in [5.41, 5.74) is 4.60. The number of nitrogens with zero attached hydrogens (tertiary/aromatic N) is 1. The van der Waals surface area contributed by atoms with Crippen LogP contribution in [0.1, 0.15) is 60.8 Å². The zero-order valence-electron chi connectivity index (χ0n) is 20.3. The number of carbonyl (C=O) groups excluding carboxylic acids is 1. The molecule has 0 atom stereocenters. The molecule has 6 nitrogen and oxygen atoms in total. The van der Waals surface area contributed by atoms with Gasteiger partial charge in [0.25, 0.3) is 0 Å². The summed E-state index contributed by atoms with van der Waals surface area (Å²) in [4.78, 5) is 30.9. The first-order chi connectivity index (χ1) is 17.6. The Bertz CT molecular complexity index is 1470. The molecule has 0 bridgehead atoms. The molecule has 0 radical (unpaired) electrons. The third kappa shape index (κ3) is 3.82. The van der Waals surface area contributed by atoms with Crippen LogP contribution in [0.25, 0.3) is 22.0 Å². The monoisotopic (exact) mass is 480 g/mol. The Morgan fingerprint density at radius 2 is 1.64 bits per heavy atom. The highest BCUT2D eigenvalue weighted by molar-refractivity contribution is 5.82. The summed E-state index contributed by atoms with van der Waals surface area (Å²) >= 11 is 0. The summed E-state index contributed by atoms with van der Waals surface area (Å²) in [6.07, 6.45) is 3.94. The SMILES string of the molecule is Cc1cccc2nc(C3(NC(=O)COC4c5ccccc5-c5ccccc54)CCCCC3)oc(=O)c12. The highest BCUT2D eigenvalue weighted by atomic mass is 16.5. The van der Waals surface area contributed by atoms with Crippen molar-refractivity contribution in [2.24, 2.45) is 0 Å². The van der Waals surface area contributed by atoms with Gasteiger partial charge in [-0.25, -0.2) is 9.78 Å². The van der Waals surface area contributed by atoms with E-state index in [0.29, 0.717) is 23.7 Å². The van der Waals surface area contributed by atoms with Gasteiger partial charge >= 0.3 is 5.63 Å². The normalized spacial score (nSPS) is 16.5. The van der Waals surface area contributed by atoms with E-state index in [1.807, 2.05) is 49.4 Å². The van der Waals surface area contributed by atoms with Gasteiger partial charge in [0.2, 0.25) is 11.8 Å². The number of aromatic nitrogens is 1. The molecule has 4 aromatic rings. The Hall–Kier alpha value is -3.77. The van der Waals surface area contributed by atoms with Crippen molar-refractivity contribution in [1.29, 1.82) is 0 Å². The predicted octanol–water partition coefficient (Wildman–Crippen LogP) is 5.56. The Kier molecular flexibility index (Phi) is 5.69. The van der Waals surface area contributed by atoms with E-state index < -0.39 is 11.2 Å². The van der Waals surface area contributed by atoms with Gasteiger partial charge in [-0.3, -0.25) is 4.79 Å². The largest absolute Gasteiger partial charge is 0.405 e. The fourth-order valence-electron chi connectivity index (χ4n) is 5.79.